The first-order valence-corrected chi connectivity index (χ1v) is 17.8. The fourth-order valence-corrected chi connectivity index (χ4v) is 6.64. The number of rotatable bonds is 11. The largest absolute Gasteiger partial charge is 0.486 e. The Labute approximate surface area is 307 Å². The lowest BCUT2D eigenvalue weighted by atomic mass is 9.88. The lowest BCUT2D eigenvalue weighted by Crippen LogP contribution is -2.47. The molecule has 2 aromatic heterocycles. The number of halogens is 1. The molecule has 274 valence electrons. The van der Waals surface area contributed by atoms with Crippen LogP contribution in [-0.4, -0.2) is 71.3 Å². The lowest BCUT2D eigenvalue weighted by Gasteiger charge is -2.32. The quantitative estimate of drug-likeness (QED) is 0.0820. The van der Waals surface area contributed by atoms with E-state index in [1.165, 1.54) is 6.07 Å². The summed E-state index contributed by atoms with van der Waals surface area (Å²) in [6, 6.07) is 11.0. The van der Waals surface area contributed by atoms with Gasteiger partial charge in [-0.3, -0.25) is 5.10 Å². The van der Waals surface area contributed by atoms with Crippen molar-refractivity contribution in [1.82, 2.24) is 25.5 Å². The number of nitrogens with one attached hydrogen (secondary N) is 2. The van der Waals surface area contributed by atoms with Gasteiger partial charge in [0, 0.05) is 47.7 Å². The van der Waals surface area contributed by atoms with Gasteiger partial charge < -0.3 is 29.2 Å². The van der Waals surface area contributed by atoms with E-state index in [2.05, 4.69) is 32.4 Å². The number of aromatic amines is 1. The number of ether oxygens (including phenoxy) is 4. The van der Waals surface area contributed by atoms with E-state index in [1.54, 1.807) is 20.2 Å². The summed E-state index contributed by atoms with van der Waals surface area (Å²) >= 11 is 0. The number of aromatic nitrogens is 4. The Kier molecular flexibility index (Phi) is 9.94. The molecule has 2 N–H and O–H groups in total. The van der Waals surface area contributed by atoms with Crippen molar-refractivity contribution in [2.45, 2.75) is 64.7 Å². The van der Waals surface area contributed by atoms with Crippen molar-refractivity contribution in [2.24, 2.45) is 0 Å². The standard InChI is InChI=1S/C41H43FN6O5/c1-7-25-10-12-26(13-11-25)23-52-37-35(34-24(2)32(42)20-33-31(34)21-43-47-33)29(27-14-15-27)19-30-36(37)45-39(51-18-17-50-6)46-38(30)48-16-8-9-28(22-48)44-40(49)53-41(3,4)5/h1,8-13,19-21,27-28H,14-18,22-23H2,2-6H3,(H,43,47)(H,44,49). The molecule has 1 aliphatic carbocycles. The third-order valence-corrected chi connectivity index (χ3v) is 9.28. The van der Waals surface area contributed by atoms with Gasteiger partial charge in [-0.1, -0.05) is 30.2 Å². The lowest BCUT2D eigenvalue weighted by molar-refractivity contribution is 0.0515. The maximum atomic E-state index is 15.7. The van der Waals surface area contributed by atoms with Crippen molar-refractivity contribution < 1.29 is 28.1 Å². The third-order valence-electron chi connectivity index (χ3n) is 9.28. The molecule has 7 rings (SSSR count). The number of terminal acetylenes is 1. The molecule has 3 aromatic carbocycles. The molecule has 0 saturated heterocycles. The summed E-state index contributed by atoms with van der Waals surface area (Å²) in [5.74, 6) is 3.61. The molecule has 5 aromatic rings. The molecule has 11 nitrogen and oxygen atoms in total. The summed E-state index contributed by atoms with van der Waals surface area (Å²) < 4.78 is 39.5. The van der Waals surface area contributed by atoms with Crippen LogP contribution in [0.25, 0.3) is 32.9 Å². The molecule has 1 atom stereocenters. The normalized spacial score (nSPS) is 15.8. The van der Waals surface area contributed by atoms with Crippen molar-refractivity contribution in [1.29, 1.82) is 0 Å². The highest BCUT2D eigenvalue weighted by atomic mass is 19.1. The number of carbonyl (C=O) groups is 1. The van der Waals surface area contributed by atoms with Gasteiger partial charge in [-0.05, 0) is 87.4 Å². The van der Waals surface area contributed by atoms with Crippen LogP contribution in [0.2, 0.25) is 0 Å². The van der Waals surface area contributed by atoms with Crippen molar-refractivity contribution in [3.8, 4) is 35.2 Å². The predicted octanol–water partition coefficient (Wildman–Crippen LogP) is 7.35. The van der Waals surface area contributed by atoms with Crippen LogP contribution in [-0.2, 0) is 16.1 Å². The third kappa shape index (κ3) is 7.76. The van der Waals surface area contributed by atoms with E-state index in [-0.39, 0.29) is 37.0 Å². The van der Waals surface area contributed by atoms with Gasteiger partial charge in [0.25, 0.3) is 0 Å². The second-order valence-corrected chi connectivity index (χ2v) is 14.4. The fraction of sp³-hybridized carbons (Fsp3) is 0.366. The second-order valence-electron chi connectivity index (χ2n) is 14.4. The highest BCUT2D eigenvalue weighted by Crippen LogP contribution is 2.53. The van der Waals surface area contributed by atoms with Crippen LogP contribution < -0.4 is 19.7 Å². The smallest absolute Gasteiger partial charge is 0.408 e. The Morgan fingerprint density at radius 3 is 2.60 bits per heavy atom. The van der Waals surface area contributed by atoms with Crippen molar-refractivity contribution in [3.63, 3.8) is 0 Å². The first kappa shape index (κ1) is 35.7. The van der Waals surface area contributed by atoms with Crippen LogP contribution in [0.1, 0.15) is 61.8 Å². The average Bonchev–Trinajstić information content (AvgIpc) is 3.88. The molecule has 53 heavy (non-hydrogen) atoms. The molecule has 1 unspecified atom stereocenters. The molecule has 2 aliphatic rings. The van der Waals surface area contributed by atoms with Gasteiger partial charge in [-0.25, -0.2) is 9.18 Å². The van der Waals surface area contributed by atoms with Gasteiger partial charge in [0.05, 0.1) is 24.4 Å². The molecule has 3 heterocycles. The van der Waals surface area contributed by atoms with E-state index >= 15 is 4.39 Å². The Morgan fingerprint density at radius 1 is 1.09 bits per heavy atom. The zero-order chi connectivity index (χ0) is 37.3. The highest BCUT2D eigenvalue weighted by molar-refractivity contribution is 6.06. The number of anilines is 1. The first-order valence-electron chi connectivity index (χ1n) is 17.8. The van der Waals surface area contributed by atoms with Gasteiger partial charge in [0.15, 0.2) is 5.75 Å². The van der Waals surface area contributed by atoms with Crippen molar-refractivity contribution >= 4 is 33.7 Å². The number of carbonyl (C=O) groups excluding carboxylic acids is 1. The minimum atomic E-state index is -0.641. The number of alkyl carbamates (subject to hydrolysis) is 1. The highest BCUT2D eigenvalue weighted by Gasteiger charge is 2.34. The average molecular weight is 719 g/mol. The number of amides is 1. The zero-order valence-corrected chi connectivity index (χ0v) is 30.6. The molecule has 1 fully saturated rings. The maximum Gasteiger partial charge on any atom is 0.408 e. The number of methoxy groups -OCH3 is 1. The zero-order valence-electron chi connectivity index (χ0n) is 30.6. The second kappa shape index (κ2) is 14.8. The van der Waals surface area contributed by atoms with E-state index in [0.29, 0.717) is 53.4 Å². The summed E-state index contributed by atoms with van der Waals surface area (Å²) in [6.45, 7) is 8.93. The summed E-state index contributed by atoms with van der Waals surface area (Å²) in [6.07, 6.45) is 12.7. The van der Waals surface area contributed by atoms with E-state index in [9.17, 15) is 4.79 Å². The predicted molar refractivity (Wildman–Crippen MR) is 202 cm³/mol. The number of nitrogens with zero attached hydrogens (tertiary/aromatic N) is 4. The summed E-state index contributed by atoms with van der Waals surface area (Å²) in [4.78, 5) is 24.8. The van der Waals surface area contributed by atoms with Gasteiger partial charge in [-0.15, -0.1) is 6.42 Å². The van der Waals surface area contributed by atoms with Gasteiger partial charge in [0.1, 0.15) is 36.0 Å². The van der Waals surface area contributed by atoms with Crippen molar-refractivity contribution in [3.05, 3.63) is 82.8 Å². The first-order chi connectivity index (χ1) is 25.5. The fourth-order valence-electron chi connectivity index (χ4n) is 6.64. The van der Waals surface area contributed by atoms with E-state index in [1.807, 2.05) is 57.2 Å². The van der Waals surface area contributed by atoms with Gasteiger partial charge >= 0.3 is 12.1 Å². The number of benzene rings is 3. The molecule has 1 saturated carbocycles. The SMILES string of the molecule is C#Cc1ccc(COc2c(-c3c(C)c(F)cc4[nH]ncc34)c(C3CC3)cc3c(N4CC=CC(NC(=O)OC(C)(C)C)C4)nc(OCCOC)nc23)cc1. The van der Waals surface area contributed by atoms with Crippen LogP contribution in [0.5, 0.6) is 11.8 Å². The number of H-pyrrole nitrogens is 1. The minimum absolute atomic E-state index is 0.133. The molecular weight excluding hydrogens is 675 g/mol. The van der Waals surface area contributed by atoms with Gasteiger partial charge in [-0.2, -0.15) is 15.1 Å². The molecular formula is C41H43FN6O5. The molecule has 0 radical (unpaired) electrons. The van der Waals surface area contributed by atoms with E-state index < -0.39 is 11.7 Å². The van der Waals surface area contributed by atoms with Crippen LogP contribution in [0.4, 0.5) is 15.0 Å². The van der Waals surface area contributed by atoms with Crippen molar-refractivity contribution in [2.75, 3.05) is 38.3 Å². The van der Waals surface area contributed by atoms with Gasteiger partial charge in [0.2, 0.25) is 0 Å². The topological polar surface area (TPSA) is 124 Å². The van der Waals surface area contributed by atoms with Crippen LogP contribution in [0.3, 0.4) is 0 Å². The van der Waals surface area contributed by atoms with E-state index in [4.69, 9.17) is 35.3 Å². The number of fused-ring (bicyclic) bond motifs is 2. The maximum absolute atomic E-state index is 15.7. The molecule has 1 aliphatic heterocycles. The number of hydrogen-bond acceptors (Lipinski definition) is 9. The Balaban J connectivity index is 1.43. The summed E-state index contributed by atoms with van der Waals surface area (Å²) in [5, 5.41) is 11.7. The van der Waals surface area contributed by atoms with Crippen LogP contribution >= 0.6 is 0 Å². The molecule has 0 spiro atoms. The Morgan fingerprint density at radius 2 is 1.89 bits per heavy atom. The Hall–Kier alpha value is -5.67. The molecule has 12 heteroatoms. The summed E-state index contributed by atoms with van der Waals surface area (Å²) in [7, 11) is 1.60. The minimum Gasteiger partial charge on any atom is -0.486 e. The monoisotopic (exact) mass is 718 g/mol. The van der Waals surface area contributed by atoms with E-state index in [0.717, 1.165) is 45.9 Å². The number of hydrogen-bond donors (Lipinski definition) is 2. The van der Waals surface area contributed by atoms with Crippen LogP contribution in [0, 0.1) is 25.1 Å². The molecule has 1 amide bonds. The Bertz CT molecular complexity index is 2230. The molecule has 0 bridgehead atoms. The summed E-state index contributed by atoms with van der Waals surface area (Å²) in [5.41, 5.74) is 5.06. The van der Waals surface area contributed by atoms with Crippen LogP contribution in [0.15, 0.2) is 54.7 Å².